The van der Waals surface area contributed by atoms with E-state index in [2.05, 4.69) is 5.32 Å². The second-order valence-corrected chi connectivity index (χ2v) is 11.9. The topological polar surface area (TPSA) is 96.0 Å². The molecule has 0 radical (unpaired) electrons. The molecule has 0 aliphatic rings. The number of carbonyl (C=O) groups is 2. The van der Waals surface area contributed by atoms with Crippen LogP contribution in [0.2, 0.25) is 0 Å². The van der Waals surface area contributed by atoms with Crippen molar-refractivity contribution in [3.05, 3.63) is 90.0 Å². The van der Waals surface area contributed by atoms with Crippen molar-refractivity contribution in [1.29, 1.82) is 0 Å². The number of anilines is 1. The highest BCUT2D eigenvalue weighted by molar-refractivity contribution is 7.92. The highest BCUT2D eigenvalue weighted by Gasteiger charge is 2.34. The van der Waals surface area contributed by atoms with Crippen LogP contribution in [0.5, 0.6) is 5.75 Å². The first kappa shape index (κ1) is 31.7. The quantitative estimate of drug-likeness (QED) is 0.279. The number of ether oxygens (including phenoxy) is 1. The number of benzene rings is 3. The number of hydrogen-bond acceptors (Lipinski definition) is 5. The van der Waals surface area contributed by atoms with Gasteiger partial charge in [-0.25, -0.2) is 8.42 Å². The van der Waals surface area contributed by atoms with Gasteiger partial charge in [-0.2, -0.15) is 0 Å². The van der Waals surface area contributed by atoms with E-state index < -0.39 is 28.5 Å². The first-order valence-electron chi connectivity index (χ1n) is 14.1. The zero-order valence-corrected chi connectivity index (χ0v) is 25.4. The highest BCUT2D eigenvalue weighted by atomic mass is 32.2. The molecule has 0 aromatic heterocycles. The van der Waals surface area contributed by atoms with E-state index in [1.165, 1.54) is 17.0 Å². The maximum Gasteiger partial charge on any atom is 0.264 e. The summed E-state index contributed by atoms with van der Waals surface area (Å²) in [4.78, 5) is 29.0. The summed E-state index contributed by atoms with van der Waals surface area (Å²) in [5, 5.41) is 2.99. The van der Waals surface area contributed by atoms with E-state index in [9.17, 15) is 18.0 Å². The molecule has 220 valence electrons. The highest BCUT2D eigenvalue weighted by Crippen LogP contribution is 2.27. The smallest absolute Gasteiger partial charge is 0.264 e. The van der Waals surface area contributed by atoms with Crippen LogP contribution in [0.15, 0.2) is 83.8 Å². The summed E-state index contributed by atoms with van der Waals surface area (Å²) in [6, 6.07) is 21.7. The molecule has 3 aromatic carbocycles. The van der Waals surface area contributed by atoms with Crippen molar-refractivity contribution < 1.29 is 22.7 Å². The molecule has 2 atom stereocenters. The average molecular weight is 580 g/mol. The summed E-state index contributed by atoms with van der Waals surface area (Å²) in [6.07, 6.45) is 1.11. The van der Waals surface area contributed by atoms with Gasteiger partial charge in [-0.15, -0.1) is 0 Å². The number of sulfonamides is 1. The Morgan fingerprint density at radius 3 is 2.07 bits per heavy atom. The number of carbonyl (C=O) groups excluding carboxylic acids is 2. The molecule has 1 N–H and O–H groups in total. The van der Waals surface area contributed by atoms with Gasteiger partial charge in [0.2, 0.25) is 11.8 Å². The van der Waals surface area contributed by atoms with Crippen LogP contribution in [-0.2, 0) is 26.2 Å². The van der Waals surface area contributed by atoms with Gasteiger partial charge < -0.3 is 15.0 Å². The molecule has 41 heavy (non-hydrogen) atoms. The Kier molecular flexibility index (Phi) is 11.3. The Bertz CT molecular complexity index is 1380. The molecule has 0 heterocycles. The fraction of sp³-hybridized carbons (Fsp3) is 0.375. The molecule has 0 saturated heterocycles. The molecule has 9 heteroatoms. The van der Waals surface area contributed by atoms with Crippen molar-refractivity contribution >= 4 is 27.5 Å². The molecule has 0 bridgehead atoms. The zero-order valence-electron chi connectivity index (χ0n) is 24.5. The third kappa shape index (κ3) is 8.33. The van der Waals surface area contributed by atoms with Gasteiger partial charge in [0.25, 0.3) is 10.0 Å². The number of nitrogens with zero attached hydrogens (tertiary/aromatic N) is 2. The molecule has 3 aromatic rings. The summed E-state index contributed by atoms with van der Waals surface area (Å²) in [7, 11) is -4.13. The van der Waals surface area contributed by atoms with Crippen molar-refractivity contribution in [3.63, 3.8) is 0 Å². The third-order valence-electron chi connectivity index (χ3n) is 6.91. The van der Waals surface area contributed by atoms with E-state index >= 15 is 0 Å². The Labute approximate surface area is 244 Å². The predicted octanol–water partition coefficient (Wildman–Crippen LogP) is 5.31. The van der Waals surface area contributed by atoms with Crippen molar-refractivity contribution in [2.24, 2.45) is 0 Å². The minimum absolute atomic E-state index is 0.0625. The van der Waals surface area contributed by atoms with Crippen LogP contribution in [0.4, 0.5) is 5.69 Å². The van der Waals surface area contributed by atoms with Crippen molar-refractivity contribution in [1.82, 2.24) is 10.2 Å². The minimum atomic E-state index is -4.13. The number of nitrogens with one attached hydrogen (secondary N) is 1. The lowest BCUT2D eigenvalue weighted by atomic mass is 10.1. The van der Waals surface area contributed by atoms with E-state index in [1.807, 2.05) is 65.0 Å². The molecule has 0 spiro atoms. The van der Waals surface area contributed by atoms with Crippen LogP contribution < -0.4 is 14.4 Å². The van der Waals surface area contributed by atoms with Gasteiger partial charge in [0.15, 0.2) is 0 Å². The lowest BCUT2D eigenvalue weighted by Crippen LogP contribution is -2.53. The van der Waals surface area contributed by atoms with Gasteiger partial charge in [0.05, 0.1) is 17.2 Å². The number of amides is 2. The summed E-state index contributed by atoms with van der Waals surface area (Å²) in [5.74, 6) is -0.154. The molecular formula is C32H41N3O5S. The number of rotatable bonds is 14. The van der Waals surface area contributed by atoms with Crippen molar-refractivity contribution in [2.75, 3.05) is 17.5 Å². The first-order valence-corrected chi connectivity index (χ1v) is 15.5. The fourth-order valence-corrected chi connectivity index (χ4v) is 5.80. The summed E-state index contributed by atoms with van der Waals surface area (Å²) in [5.41, 5.74) is 2.07. The molecule has 0 fully saturated rings. The van der Waals surface area contributed by atoms with Gasteiger partial charge in [0.1, 0.15) is 18.3 Å². The Morgan fingerprint density at radius 1 is 0.878 bits per heavy atom. The molecule has 0 aliphatic carbocycles. The van der Waals surface area contributed by atoms with Crippen LogP contribution in [0.3, 0.4) is 0 Å². The Balaban J connectivity index is 2.04. The van der Waals surface area contributed by atoms with Crippen molar-refractivity contribution in [3.8, 4) is 5.75 Å². The van der Waals surface area contributed by atoms with Gasteiger partial charge in [-0.3, -0.25) is 13.9 Å². The summed E-state index contributed by atoms with van der Waals surface area (Å²) < 4.78 is 34.6. The monoisotopic (exact) mass is 579 g/mol. The number of hydrogen-bond donors (Lipinski definition) is 1. The van der Waals surface area contributed by atoms with Gasteiger partial charge in [-0.1, -0.05) is 61.9 Å². The molecule has 0 unspecified atom stereocenters. The molecular weight excluding hydrogens is 538 g/mol. The third-order valence-corrected chi connectivity index (χ3v) is 8.69. The maximum atomic E-state index is 14.1. The Morgan fingerprint density at radius 2 is 1.51 bits per heavy atom. The largest absolute Gasteiger partial charge is 0.494 e. The van der Waals surface area contributed by atoms with Crippen LogP contribution >= 0.6 is 0 Å². The normalized spacial score (nSPS) is 12.7. The SMILES string of the molecule is CCOc1ccc(N(CC(=O)N(Cc2ccccc2)[C@@H](CC)C(=O)N[C@H](C)CC)S(=O)(=O)c2ccc(C)cc2)cc1. The number of aryl methyl sites for hydroxylation is 1. The van der Waals surface area contributed by atoms with Gasteiger partial charge in [-0.05, 0) is 75.6 Å². The van der Waals surface area contributed by atoms with Crippen LogP contribution in [0.25, 0.3) is 0 Å². The second-order valence-electron chi connectivity index (χ2n) is 10.0. The van der Waals surface area contributed by atoms with Gasteiger partial charge >= 0.3 is 0 Å². The van der Waals surface area contributed by atoms with Crippen LogP contribution in [0, 0.1) is 6.92 Å². The fourth-order valence-electron chi connectivity index (χ4n) is 4.38. The minimum Gasteiger partial charge on any atom is -0.494 e. The van der Waals surface area contributed by atoms with E-state index in [1.54, 1.807) is 36.4 Å². The van der Waals surface area contributed by atoms with Gasteiger partial charge in [0, 0.05) is 12.6 Å². The molecule has 8 nitrogen and oxygen atoms in total. The van der Waals surface area contributed by atoms with E-state index in [0.29, 0.717) is 24.5 Å². The standard InChI is InChI=1S/C32H41N3O5S/c1-6-25(5)33-32(37)30(7-2)34(22-26-12-10-9-11-13-26)31(36)23-35(27-16-18-28(19-17-27)40-8-3)41(38,39)29-20-14-24(4)15-21-29/h9-21,25,30H,6-8,22-23H2,1-5H3,(H,33,37)/t25-,30+/m1/s1. The van der Waals surface area contributed by atoms with Crippen LogP contribution in [-0.4, -0.2) is 50.4 Å². The average Bonchev–Trinajstić information content (AvgIpc) is 2.97. The Hall–Kier alpha value is -3.85. The zero-order chi connectivity index (χ0) is 30.0. The lowest BCUT2D eigenvalue weighted by molar-refractivity contribution is -0.140. The summed E-state index contributed by atoms with van der Waals surface area (Å²) in [6.45, 7) is 9.62. The summed E-state index contributed by atoms with van der Waals surface area (Å²) >= 11 is 0. The predicted molar refractivity (Wildman–Crippen MR) is 162 cm³/mol. The molecule has 0 saturated carbocycles. The first-order chi connectivity index (χ1) is 19.6. The van der Waals surface area contributed by atoms with E-state index in [-0.39, 0.29) is 23.4 Å². The molecule has 0 aliphatic heterocycles. The van der Waals surface area contributed by atoms with Crippen molar-refractivity contribution in [2.45, 2.75) is 71.0 Å². The second kappa shape index (κ2) is 14.7. The van der Waals surface area contributed by atoms with Crippen LogP contribution in [0.1, 0.15) is 51.7 Å². The van der Waals surface area contributed by atoms with E-state index in [4.69, 9.17) is 4.74 Å². The molecule has 2 amide bonds. The lowest BCUT2D eigenvalue weighted by Gasteiger charge is -2.33. The maximum absolute atomic E-state index is 14.1. The molecule has 3 rings (SSSR count). The van der Waals surface area contributed by atoms with E-state index in [0.717, 1.165) is 21.9 Å².